The third-order valence-electron chi connectivity index (χ3n) is 5.21. The fourth-order valence-corrected chi connectivity index (χ4v) is 3.76. The summed E-state index contributed by atoms with van der Waals surface area (Å²) in [5, 5.41) is 6.16. The Morgan fingerprint density at radius 1 is 1.12 bits per heavy atom. The van der Waals surface area contributed by atoms with Gasteiger partial charge in [0.1, 0.15) is 0 Å². The zero-order valence-corrected chi connectivity index (χ0v) is 15.0. The highest BCUT2D eigenvalue weighted by Crippen LogP contribution is 2.39. The normalized spacial score (nSPS) is 19.5. The van der Waals surface area contributed by atoms with Gasteiger partial charge < -0.3 is 15.5 Å². The number of hydrogen-bond donors (Lipinski definition) is 2. The van der Waals surface area contributed by atoms with E-state index in [1.54, 1.807) is 12.1 Å². The van der Waals surface area contributed by atoms with E-state index in [1.807, 2.05) is 17.0 Å². The predicted molar refractivity (Wildman–Crippen MR) is 97.7 cm³/mol. The summed E-state index contributed by atoms with van der Waals surface area (Å²) in [5.41, 5.74) is 1.77. The van der Waals surface area contributed by atoms with Crippen LogP contribution in [0.15, 0.2) is 24.3 Å². The van der Waals surface area contributed by atoms with Crippen LogP contribution in [-0.2, 0) is 4.79 Å². The van der Waals surface area contributed by atoms with Crippen LogP contribution >= 0.6 is 12.4 Å². The Balaban J connectivity index is 0.00000208. The average Bonchev–Trinajstić information content (AvgIpc) is 2.55. The summed E-state index contributed by atoms with van der Waals surface area (Å²) in [7, 11) is 0. The lowest BCUT2D eigenvalue weighted by molar-refractivity contribution is -0.114. The number of nitrogens with one attached hydrogen (secondary N) is 2. The minimum absolute atomic E-state index is 0. The molecule has 2 N–H and O–H groups in total. The van der Waals surface area contributed by atoms with Crippen LogP contribution in [0.25, 0.3) is 0 Å². The van der Waals surface area contributed by atoms with Gasteiger partial charge in [0, 0.05) is 31.3 Å². The first-order chi connectivity index (χ1) is 11.1. The maximum Gasteiger partial charge on any atom is 0.253 e. The van der Waals surface area contributed by atoms with Gasteiger partial charge >= 0.3 is 0 Å². The summed E-state index contributed by atoms with van der Waals surface area (Å²) < 4.78 is 0. The lowest BCUT2D eigenvalue weighted by Crippen LogP contribution is -2.47. The number of anilines is 1. The molecule has 2 heterocycles. The summed E-state index contributed by atoms with van der Waals surface area (Å²) >= 11 is 0. The Labute approximate surface area is 149 Å². The molecule has 0 radical (unpaired) electrons. The van der Waals surface area contributed by atoms with E-state index < -0.39 is 0 Å². The number of benzene rings is 1. The molecule has 132 valence electrons. The van der Waals surface area contributed by atoms with Gasteiger partial charge in [-0.25, -0.2) is 0 Å². The molecule has 1 aromatic carbocycles. The Kier molecular flexibility index (Phi) is 6.24. The van der Waals surface area contributed by atoms with Crippen molar-refractivity contribution in [2.45, 2.75) is 32.6 Å². The molecule has 5 nitrogen and oxygen atoms in total. The van der Waals surface area contributed by atoms with E-state index >= 15 is 0 Å². The van der Waals surface area contributed by atoms with E-state index in [0.29, 0.717) is 16.7 Å². The highest BCUT2D eigenvalue weighted by atomic mass is 35.5. The van der Waals surface area contributed by atoms with Crippen molar-refractivity contribution in [1.82, 2.24) is 10.2 Å². The number of amides is 2. The first-order valence-electron chi connectivity index (χ1n) is 8.46. The van der Waals surface area contributed by atoms with Crippen molar-refractivity contribution < 1.29 is 9.59 Å². The molecule has 2 aliphatic rings. The second-order valence-corrected chi connectivity index (χ2v) is 6.80. The Bertz CT molecular complexity index is 590. The van der Waals surface area contributed by atoms with Gasteiger partial charge in [0.15, 0.2) is 0 Å². The van der Waals surface area contributed by atoms with Gasteiger partial charge in [-0.15, -0.1) is 12.4 Å². The number of halogens is 1. The number of carbonyl (C=O) groups excluding carboxylic acids is 2. The fourth-order valence-electron chi connectivity index (χ4n) is 3.76. The molecule has 2 fully saturated rings. The molecular formula is C18H26ClN3O2. The number of rotatable bonds is 2. The molecule has 2 amide bonds. The van der Waals surface area contributed by atoms with Gasteiger partial charge in [-0.2, -0.15) is 0 Å². The van der Waals surface area contributed by atoms with E-state index in [2.05, 4.69) is 10.6 Å². The fraction of sp³-hybridized carbons (Fsp3) is 0.556. The Morgan fingerprint density at radius 3 is 2.42 bits per heavy atom. The third-order valence-corrected chi connectivity index (χ3v) is 5.21. The number of piperidine rings is 2. The first-order valence-corrected chi connectivity index (χ1v) is 8.46. The van der Waals surface area contributed by atoms with Gasteiger partial charge in [0.25, 0.3) is 5.91 Å². The van der Waals surface area contributed by atoms with Gasteiger partial charge in [-0.3, -0.25) is 9.59 Å². The molecule has 3 rings (SSSR count). The molecule has 24 heavy (non-hydrogen) atoms. The van der Waals surface area contributed by atoms with Crippen LogP contribution in [-0.4, -0.2) is 42.9 Å². The van der Waals surface area contributed by atoms with Crippen molar-refractivity contribution in [2.24, 2.45) is 5.41 Å². The van der Waals surface area contributed by atoms with Crippen LogP contribution in [0.1, 0.15) is 43.0 Å². The molecule has 2 aliphatic heterocycles. The molecule has 2 saturated heterocycles. The number of carbonyl (C=O) groups is 2. The SMILES string of the molecule is CC(=O)Nc1cccc(C(=O)N2CCC3(CCNCC3)CC2)c1.Cl. The molecule has 0 saturated carbocycles. The zero-order valence-electron chi connectivity index (χ0n) is 14.1. The number of hydrogen-bond acceptors (Lipinski definition) is 3. The Morgan fingerprint density at radius 2 is 1.79 bits per heavy atom. The maximum atomic E-state index is 12.7. The maximum absolute atomic E-state index is 12.7. The molecule has 0 atom stereocenters. The lowest BCUT2D eigenvalue weighted by Gasteiger charge is -2.44. The lowest BCUT2D eigenvalue weighted by atomic mass is 9.71. The third kappa shape index (κ3) is 4.28. The first kappa shape index (κ1) is 18.7. The molecule has 0 aromatic heterocycles. The van der Waals surface area contributed by atoms with Gasteiger partial charge in [0.05, 0.1) is 0 Å². The van der Waals surface area contributed by atoms with Gasteiger partial charge in [-0.1, -0.05) is 6.07 Å². The van der Waals surface area contributed by atoms with Crippen molar-refractivity contribution >= 4 is 29.9 Å². The molecule has 0 bridgehead atoms. The Hall–Kier alpha value is -1.59. The number of nitrogens with zero attached hydrogens (tertiary/aromatic N) is 1. The monoisotopic (exact) mass is 351 g/mol. The van der Waals surface area contributed by atoms with Crippen molar-refractivity contribution in [1.29, 1.82) is 0 Å². The average molecular weight is 352 g/mol. The van der Waals surface area contributed by atoms with E-state index in [-0.39, 0.29) is 24.2 Å². The molecule has 6 heteroatoms. The van der Waals surface area contributed by atoms with E-state index in [4.69, 9.17) is 0 Å². The minimum atomic E-state index is -0.125. The highest BCUT2D eigenvalue weighted by Gasteiger charge is 2.36. The predicted octanol–water partition coefficient (Wildman–Crippen LogP) is 2.67. The largest absolute Gasteiger partial charge is 0.339 e. The minimum Gasteiger partial charge on any atom is -0.339 e. The van der Waals surface area contributed by atoms with E-state index in [0.717, 1.165) is 39.0 Å². The van der Waals surface area contributed by atoms with Crippen molar-refractivity contribution in [2.75, 3.05) is 31.5 Å². The summed E-state index contributed by atoms with van der Waals surface area (Å²) in [4.78, 5) is 25.8. The quantitative estimate of drug-likeness (QED) is 0.861. The molecule has 0 unspecified atom stereocenters. The van der Waals surface area contributed by atoms with Crippen molar-refractivity contribution in [3.8, 4) is 0 Å². The van der Waals surface area contributed by atoms with E-state index in [1.165, 1.54) is 19.8 Å². The van der Waals surface area contributed by atoms with Crippen LogP contribution in [0.5, 0.6) is 0 Å². The highest BCUT2D eigenvalue weighted by molar-refractivity contribution is 5.96. The van der Waals surface area contributed by atoms with Crippen LogP contribution in [0.3, 0.4) is 0 Å². The summed E-state index contributed by atoms with van der Waals surface area (Å²) in [5.74, 6) is -0.0543. The standard InChI is InChI=1S/C18H25N3O2.ClH/c1-14(22)20-16-4-2-3-15(13-16)17(23)21-11-7-18(8-12-21)5-9-19-10-6-18;/h2-4,13,19H,5-12H2,1H3,(H,20,22);1H. The summed E-state index contributed by atoms with van der Waals surface area (Å²) in [6.07, 6.45) is 4.66. The van der Waals surface area contributed by atoms with Gasteiger partial charge in [0.2, 0.25) is 5.91 Å². The van der Waals surface area contributed by atoms with Crippen LogP contribution in [0.4, 0.5) is 5.69 Å². The topological polar surface area (TPSA) is 61.4 Å². The van der Waals surface area contributed by atoms with Crippen LogP contribution in [0.2, 0.25) is 0 Å². The van der Waals surface area contributed by atoms with Gasteiger partial charge in [-0.05, 0) is 62.4 Å². The molecule has 1 spiro atoms. The van der Waals surface area contributed by atoms with E-state index in [9.17, 15) is 9.59 Å². The second kappa shape index (κ2) is 7.99. The van der Waals surface area contributed by atoms with Crippen molar-refractivity contribution in [3.05, 3.63) is 29.8 Å². The smallest absolute Gasteiger partial charge is 0.253 e. The zero-order chi connectivity index (χ0) is 16.3. The summed E-state index contributed by atoms with van der Waals surface area (Å²) in [6, 6.07) is 7.20. The van der Waals surface area contributed by atoms with Crippen molar-refractivity contribution in [3.63, 3.8) is 0 Å². The molecule has 0 aliphatic carbocycles. The van der Waals surface area contributed by atoms with Crippen LogP contribution in [0, 0.1) is 5.41 Å². The number of likely N-dealkylation sites (tertiary alicyclic amines) is 1. The second-order valence-electron chi connectivity index (χ2n) is 6.80. The molecular weight excluding hydrogens is 326 g/mol. The summed E-state index contributed by atoms with van der Waals surface area (Å²) in [6.45, 7) is 5.35. The van der Waals surface area contributed by atoms with Crippen LogP contribution < -0.4 is 10.6 Å². The molecule has 1 aromatic rings.